The zero-order chi connectivity index (χ0) is 17.4. The summed E-state index contributed by atoms with van der Waals surface area (Å²) in [6.45, 7) is 6.17. The standard InChI is InChI=1S/C17H24ClN3OS2/c1-3-19-17(20-10-12(2)9-13-5-4-8-23-13)21-11-14(22)15-6-7-16(18)24-15/h4-8,12,14,22H,3,9-11H2,1-2H3,(H2,19,20,21). The molecule has 2 heterocycles. The van der Waals surface area contributed by atoms with Gasteiger partial charge in [0.1, 0.15) is 6.10 Å². The van der Waals surface area contributed by atoms with E-state index in [1.807, 2.05) is 13.0 Å². The highest BCUT2D eigenvalue weighted by Gasteiger charge is 2.11. The number of hydrogen-bond donors (Lipinski definition) is 3. The highest BCUT2D eigenvalue weighted by molar-refractivity contribution is 7.16. The summed E-state index contributed by atoms with van der Waals surface area (Å²) < 4.78 is 0.687. The van der Waals surface area contributed by atoms with Crippen LogP contribution in [0.25, 0.3) is 0 Å². The Kier molecular flexibility index (Phi) is 8.05. The Bertz CT molecular complexity index is 628. The predicted octanol–water partition coefficient (Wildman–Crippen LogP) is 3.93. The SMILES string of the molecule is CCNC(=NCC(C)Cc1cccs1)NCC(O)c1ccc(Cl)s1. The average Bonchev–Trinajstić information content (AvgIpc) is 3.21. The van der Waals surface area contributed by atoms with Crippen molar-refractivity contribution in [3.05, 3.63) is 43.7 Å². The molecule has 0 saturated carbocycles. The minimum Gasteiger partial charge on any atom is -0.386 e. The molecule has 132 valence electrons. The van der Waals surface area contributed by atoms with Crippen LogP contribution < -0.4 is 10.6 Å². The van der Waals surface area contributed by atoms with Crippen LogP contribution in [0.2, 0.25) is 4.34 Å². The van der Waals surface area contributed by atoms with Crippen LogP contribution in [0, 0.1) is 5.92 Å². The molecule has 0 fully saturated rings. The van der Waals surface area contributed by atoms with Gasteiger partial charge in [0, 0.05) is 29.4 Å². The Morgan fingerprint density at radius 2 is 2.17 bits per heavy atom. The second-order valence-corrected chi connectivity index (χ2v) is 8.43. The largest absolute Gasteiger partial charge is 0.386 e. The summed E-state index contributed by atoms with van der Waals surface area (Å²) in [6.07, 6.45) is 0.451. The molecule has 2 aromatic heterocycles. The van der Waals surface area contributed by atoms with E-state index in [1.165, 1.54) is 16.2 Å². The van der Waals surface area contributed by atoms with Gasteiger partial charge in [-0.05, 0) is 42.8 Å². The number of aliphatic hydroxyl groups excluding tert-OH is 1. The van der Waals surface area contributed by atoms with Crippen molar-refractivity contribution in [2.75, 3.05) is 19.6 Å². The molecule has 2 atom stereocenters. The minimum absolute atomic E-state index is 0.405. The minimum atomic E-state index is -0.588. The lowest BCUT2D eigenvalue weighted by Gasteiger charge is -2.15. The van der Waals surface area contributed by atoms with Crippen molar-refractivity contribution in [2.24, 2.45) is 10.9 Å². The van der Waals surface area contributed by atoms with Gasteiger partial charge >= 0.3 is 0 Å². The van der Waals surface area contributed by atoms with Gasteiger partial charge in [0.2, 0.25) is 0 Å². The average molecular weight is 386 g/mol. The van der Waals surface area contributed by atoms with Gasteiger partial charge in [-0.15, -0.1) is 22.7 Å². The topological polar surface area (TPSA) is 56.7 Å². The van der Waals surface area contributed by atoms with E-state index in [4.69, 9.17) is 11.6 Å². The van der Waals surface area contributed by atoms with E-state index in [9.17, 15) is 5.11 Å². The maximum atomic E-state index is 10.2. The third-order valence-electron chi connectivity index (χ3n) is 3.42. The molecule has 4 nitrogen and oxygen atoms in total. The van der Waals surface area contributed by atoms with Gasteiger partial charge in [0.15, 0.2) is 5.96 Å². The van der Waals surface area contributed by atoms with E-state index >= 15 is 0 Å². The van der Waals surface area contributed by atoms with E-state index < -0.39 is 6.10 Å². The summed E-state index contributed by atoms with van der Waals surface area (Å²) in [4.78, 5) is 6.88. The summed E-state index contributed by atoms with van der Waals surface area (Å²) in [7, 11) is 0. The molecule has 2 rings (SSSR count). The number of halogens is 1. The first kappa shape index (κ1) is 19.2. The molecule has 0 saturated heterocycles. The van der Waals surface area contributed by atoms with E-state index in [0.717, 1.165) is 30.3 Å². The lowest BCUT2D eigenvalue weighted by molar-refractivity contribution is 0.184. The van der Waals surface area contributed by atoms with Crippen LogP contribution in [0.4, 0.5) is 0 Å². The van der Waals surface area contributed by atoms with Crippen molar-refractivity contribution >= 4 is 40.2 Å². The van der Waals surface area contributed by atoms with Crippen molar-refractivity contribution in [3.8, 4) is 0 Å². The van der Waals surface area contributed by atoms with Gasteiger partial charge < -0.3 is 15.7 Å². The van der Waals surface area contributed by atoms with E-state index in [1.54, 1.807) is 17.4 Å². The van der Waals surface area contributed by atoms with Gasteiger partial charge in [-0.2, -0.15) is 0 Å². The van der Waals surface area contributed by atoms with E-state index in [-0.39, 0.29) is 0 Å². The quantitative estimate of drug-likeness (QED) is 0.476. The molecule has 0 aliphatic rings. The first-order chi connectivity index (χ1) is 11.6. The summed E-state index contributed by atoms with van der Waals surface area (Å²) in [6, 6.07) is 7.90. The lowest BCUT2D eigenvalue weighted by Crippen LogP contribution is -2.39. The molecule has 0 aliphatic carbocycles. The van der Waals surface area contributed by atoms with Crippen molar-refractivity contribution in [3.63, 3.8) is 0 Å². The van der Waals surface area contributed by atoms with Gasteiger partial charge in [-0.25, -0.2) is 0 Å². The highest BCUT2D eigenvalue weighted by atomic mass is 35.5. The maximum Gasteiger partial charge on any atom is 0.191 e. The second kappa shape index (κ2) is 10.0. The molecular weight excluding hydrogens is 362 g/mol. The molecule has 0 aliphatic heterocycles. The molecule has 0 aromatic carbocycles. The molecule has 2 aromatic rings. The molecule has 0 radical (unpaired) electrons. The number of aliphatic imine (C=N–C) groups is 1. The monoisotopic (exact) mass is 385 g/mol. The van der Waals surface area contributed by atoms with E-state index in [2.05, 4.69) is 40.1 Å². The zero-order valence-corrected chi connectivity index (χ0v) is 16.3. The number of hydrogen-bond acceptors (Lipinski definition) is 4. The predicted molar refractivity (Wildman–Crippen MR) is 105 cm³/mol. The highest BCUT2D eigenvalue weighted by Crippen LogP contribution is 2.26. The number of thiophene rings is 2. The number of nitrogens with zero attached hydrogens (tertiary/aromatic N) is 1. The lowest BCUT2D eigenvalue weighted by atomic mass is 10.1. The fraction of sp³-hybridized carbons (Fsp3) is 0.471. The number of guanidine groups is 1. The van der Waals surface area contributed by atoms with Gasteiger partial charge in [0.05, 0.1) is 4.34 Å². The van der Waals surface area contributed by atoms with Crippen LogP contribution in [0.3, 0.4) is 0 Å². The molecule has 7 heteroatoms. The maximum absolute atomic E-state index is 10.2. The first-order valence-corrected chi connectivity index (χ1v) is 10.1. The summed E-state index contributed by atoms with van der Waals surface area (Å²) in [5.41, 5.74) is 0. The normalized spacial score (nSPS) is 14.4. The Balaban J connectivity index is 1.83. The van der Waals surface area contributed by atoms with Crippen LogP contribution in [0.15, 0.2) is 34.6 Å². The molecule has 0 spiro atoms. The first-order valence-electron chi connectivity index (χ1n) is 8.06. The number of nitrogens with one attached hydrogen (secondary N) is 2. The fourth-order valence-corrected chi connectivity index (χ4v) is 4.14. The van der Waals surface area contributed by atoms with Crippen molar-refractivity contribution in [2.45, 2.75) is 26.4 Å². The molecule has 3 N–H and O–H groups in total. The summed E-state index contributed by atoms with van der Waals surface area (Å²) in [5, 5.41) is 18.7. The third-order valence-corrected chi connectivity index (χ3v) is 5.65. The Morgan fingerprint density at radius 1 is 1.33 bits per heavy atom. The third kappa shape index (κ3) is 6.43. The van der Waals surface area contributed by atoms with Crippen LogP contribution >= 0.6 is 34.3 Å². The zero-order valence-electron chi connectivity index (χ0n) is 14.0. The Hall–Kier alpha value is -1.08. The van der Waals surface area contributed by atoms with Gasteiger partial charge in [-0.3, -0.25) is 4.99 Å². The molecular formula is C17H24ClN3OS2. The summed E-state index contributed by atoms with van der Waals surface area (Å²) >= 11 is 9.10. The van der Waals surface area contributed by atoms with Crippen LogP contribution in [0.5, 0.6) is 0 Å². The molecule has 0 amide bonds. The summed E-state index contributed by atoms with van der Waals surface area (Å²) in [5.74, 6) is 1.21. The smallest absolute Gasteiger partial charge is 0.191 e. The molecule has 2 unspecified atom stereocenters. The molecule has 24 heavy (non-hydrogen) atoms. The van der Waals surface area contributed by atoms with E-state index in [0.29, 0.717) is 16.8 Å². The second-order valence-electron chi connectivity index (χ2n) is 5.65. The number of rotatable bonds is 8. The van der Waals surface area contributed by atoms with Gasteiger partial charge in [-0.1, -0.05) is 24.6 Å². The van der Waals surface area contributed by atoms with Crippen molar-refractivity contribution in [1.29, 1.82) is 0 Å². The number of aliphatic hydroxyl groups is 1. The molecule has 0 bridgehead atoms. The van der Waals surface area contributed by atoms with Crippen molar-refractivity contribution < 1.29 is 5.11 Å². The van der Waals surface area contributed by atoms with Crippen LogP contribution in [-0.4, -0.2) is 30.7 Å². The van der Waals surface area contributed by atoms with Crippen molar-refractivity contribution in [1.82, 2.24) is 10.6 Å². The van der Waals surface area contributed by atoms with Crippen LogP contribution in [-0.2, 0) is 6.42 Å². The van der Waals surface area contributed by atoms with Gasteiger partial charge in [0.25, 0.3) is 0 Å². The van der Waals surface area contributed by atoms with Crippen LogP contribution in [0.1, 0.15) is 29.7 Å². The Morgan fingerprint density at radius 3 is 2.79 bits per heavy atom. The Labute approximate surface area is 156 Å². The fourth-order valence-electron chi connectivity index (χ4n) is 2.23.